The molecule has 0 saturated carbocycles. The van der Waals surface area contributed by atoms with Gasteiger partial charge in [-0.15, -0.1) is 0 Å². The maximum absolute atomic E-state index is 13.9. The van der Waals surface area contributed by atoms with E-state index in [2.05, 4.69) is 51.7 Å². The molecule has 1 aromatic heterocycles. The van der Waals surface area contributed by atoms with E-state index >= 15 is 0 Å². The van der Waals surface area contributed by atoms with Crippen molar-refractivity contribution in [3.63, 3.8) is 0 Å². The first-order valence-electron chi connectivity index (χ1n) is 16.9. The lowest BCUT2D eigenvalue weighted by molar-refractivity contribution is -0.123. The van der Waals surface area contributed by atoms with Crippen LogP contribution < -0.4 is 16.1 Å². The second kappa shape index (κ2) is 18.4. The average Bonchev–Trinajstić information content (AvgIpc) is 3.39. The van der Waals surface area contributed by atoms with Gasteiger partial charge in [-0.25, -0.2) is 9.78 Å². The summed E-state index contributed by atoms with van der Waals surface area (Å²) >= 11 is 0. The standard InChI is InChI=1S/C36H49BN6O5/c1-27(2)23-32(42-33(44)30(24-28-15-9-7-10-16-28)41-34(45)31-25-38-21-22-39-31)37-43(4)26-36(3,48-37)19-13-5-6-14-20-40-47-35(46)29-17-11-8-12-18-29/h7-12,15-18,21-22,25,27,30,32,40H,5-6,13-14,19-20,23-24,26H2,1-4H3,(H,41,45)(H,42,44)/t30-,32?,36?/m0/s1. The van der Waals surface area contributed by atoms with Gasteiger partial charge < -0.3 is 24.9 Å². The number of hydroxylamine groups is 1. The summed E-state index contributed by atoms with van der Waals surface area (Å²) in [5, 5.41) is 6.14. The van der Waals surface area contributed by atoms with E-state index < -0.39 is 11.9 Å². The Hall–Kier alpha value is -4.13. The lowest BCUT2D eigenvalue weighted by atomic mass is 9.68. The van der Waals surface area contributed by atoms with E-state index in [0.29, 0.717) is 24.4 Å². The summed E-state index contributed by atoms with van der Waals surface area (Å²) in [6, 6.07) is 17.7. The van der Waals surface area contributed by atoms with Crippen LogP contribution in [0.4, 0.5) is 0 Å². The fraction of sp³-hybridized carbons (Fsp3) is 0.472. The van der Waals surface area contributed by atoms with Crippen molar-refractivity contribution in [3.05, 3.63) is 96.1 Å². The summed E-state index contributed by atoms with van der Waals surface area (Å²) in [7, 11) is 1.73. The fourth-order valence-corrected chi connectivity index (χ4v) is 6.11. The molecule has 3 N–H and O–H groups in total. The summed E-state index contributed by atoms with van der Waals surface area (Å²) in [5.41, 5.74) is 4.02. The lowest BCUT2D eigenvalue weighted by Crippen LogP contribution is -2.58. The van der Waals surface area contributed by atoms with Crippen molar-refractivity contribution in [3.8, 4) is 0 Å². The lowest BCUT2D eigenvalue weighted by Gasteiger charge is -2.29. The Labute approximate surface area is 284 Å². The predicted molar refractivity (Wildman–Crippen MR) is 186 cm³/mol. The van der Waals surface area contributed by atoms with Crippen molar-refractivity contribution in [2.75, 3.05) is 20.1 Å². The highest BCUT2D eigenvalue weighted by molar-refractivity contribution is 6.51. The summed E-state index contributed by atoms with van der Waals surface area (Å²) in [6.07, 6.45) is 10.2. The van der Waals surface area contributed by atoms with Gasteiger partial charge in [-0.3, -0.25) is 14.6 Å². The Bertz CT molecular complexity index is 1430. The van der Waals surface area contributed by atoms with Gasteiger partial charge in [-0.1, -0.05) is 81.6 Å². The average molecular weight is 657 g/mol. The third-order valence-corrected chi connectivity index (χ3v) is 8.43. The van der Waals surface area contributed by atoms with Crippen LogP contribution in [0.5, 0.6) is 0 Å². The van der Waals surface area contributed by atoms with Gasteiger partial charge in [0.25, 0.3) is 5.91 Å². The number of nitrogens with zero attached hydrogens (tertiary/aromatic N) is 3. The largest absolute Gasteiger partial charge is 0.413 e. The number of aromatic nitrogens is 2. The van der Waals surface area contributed by atoms with Crippen LogP contribution in [-0.4, -0.2) is 77.3 Å². The van der Waals surface area contributed by atoms with Crippen LogP contribution in [-0.2, 0) is 20.7 Å². The molecule has 256 valence electrons. The first kappa shape index (κ1) is 36.7. The third kappa shape index (κ3) is 11.5. The first-order valence-corrected chi connectivity index (χ1v) is 16.9. The summed E-state index contributed by atoms with van der Waals surface area (Å²) in [4.78, 5) is 54.4. The SMILES string of the molecule is CC(C)CC(NC(=O)[C@H](Cc1ccccc1)NC(=O)c1cnccn1)B1OC(C)(CCCCCCNOC(=O)c2ccccc2)CN1C. The van der Waals surface area contributed by atoms with E-state index in [9.17, 15) is 14.4 Å². The molecule has 1 aliphatic heterocycles. The molecule has 3 atom stereocenters. The number of hydrogen-bond acceptors (Lipinski definition) is 9. The minimum absolute atomic E-state index is 0.152. The minimum Gasteiger partial charge on any atom is -0.413 e. The van der Waals surface area contributed by atoms with Crippen molar-refractivity contribution < 1.29 is 23.9 Å². The molecular weight excluding hydrogens is 607 g/mol. The van der Waals surface area contributed by atoms with E-state index in [-0.39, 0.29) is 36.2 Å². The van der Waals surface area contributed by atoms with Crippen LogP contribution >= 0.6 is 0 Å². The van der Waals surface area contributed by atoms with Gasteiger partial charge in [0, 0.05) is 31.9 Å². The molecule has 0 spiro atoms. The number of benzene rings is 2. The second-order valence-corrected chi connectivity index (χ2v) is 13.2. The molecule has 4 rings (SSSR count). The number of nitrogens with one attached hydrogen (secondary N) is 3. The Morgan fingerprint density at radius 1 is 0.979 bits per heavy atom. The highest BCUT2D eigenvalue weighted by atomic mass is 16.7. The molecule has 0 aliphatic carbocycles. The monoisotopic (exact) mass is 656 g/mol. The fourth-order valence-electron chi connectivity index (χ4n) is 6.11. The number of amides is 2. The van der Waals surface area contributed by atoms with Gasteiger partial charge in [0.1, 0.15) is 11.7 Å². The number of carbonyl (C=O) groups excluding carboxylic acids is 3. The zero-order chi connectivity index (χ0) is 34.4. The number of carbonyl (C=O) groups is 3. The molecule has 2 unspecified atom stereocenters. The summed E-state index contributed by atoms with van der Waals surface area (Å²) < 4.78 is 6.72. The minimum atomic E-state index is -0.814. The smallest absolute Gasteiger partial charge is 0.406 e. The van der Waals surface area contributed by atoms with E-state index in [0.717, 1.165) is 50.6 Å². The highest BCUT2D eigenvalue weighted by Gasteiger charge is 2.47. The van der Waals surface area contributed by atoms with Crippen LogP contribution in [0.3, 0.4) is 0 Å². The number of likely N-dealkylation sites (N-methyl/N-ethyl adjacent to an activating group) is 1. The highest BCUT2D eigenvalue weighted by Crippen LogP contribution is 2.30. The Morgan fingerprint density at radius 3 is 2.38 bits per heavy atom. The third-order valence-electron chi connectivity index (χ3n) is 8.43. The Balaban J connectivity index is 1.29. The van der Waals surface area contributed by atoms with Gasteiger partial charge >= 0.3 is 13.0 Å². The van der Waals surface area contributed by atoms with Crippen molar-refractivity contribution in [1.29, 1.82) is 0 Å². The molecule has 2 heterocycles. The molecule has 1 saturated heterocycles. The summed E-state index contributed by atoms with van der Waals surface area (Å²) in [6.45, 7) is 7.74. The zero-order valence-corrected chi connectivity index (χ0v) is 28.6. The number of unbranched alkanes of at least 4 members (excludes halogenated alkanes) is 3. The maximum atomic E-state index is 13.9. The molecule has 2 amide bonds. The number of rotatable bonds is 18. The van der Waals surface area contributed by atoms with Gasteiger partial charge in [-0.05, 0) is 56.8 Å². The van der Waals surface area contributed by atoms with E-state index in [1.54, 1.807) is 24.3 Å². The molecule has 0 radical (unpaired) electrons. The molecule has 1 fully saturated rings. The Morgan fingerprint density at radius 2 is 1.69 bits per heavy atom. The molecule has 11 nitrogen and oxygen atoms in total. The van der Waals surface area contributed by atoms with Crippen molar-refractivity contribution >= 4 is 24.8 Å². The normalized spacial score (nSPS) is 17.6. The number of hydrogen-bond donors (Lipinski definition) is 3. The van der Waals surface area contributed by atoms with Crippen molar-refractivity contribution in [2.45, 2.75) is 83.3 Å². The van der Waals surface area contributed by atoms with Gasteiger partial charge in [0.15, 0.2) is 0 Å². The zero-order valence-electron chi connectivity index (χ0n) is 28.6. The topological polar surface area (TPSA) is 135 Å². The van der Waals surface area contributed by atoms with Crippen molar-refractivity contribution in [2.24, 2.45) is 5.92 Å². The van der Waals surface area contributed by atoms with E-state index in [1.807, 2.05) is 43.4 Å². The maximum Gasteiger partial charge on any atom is 0.406 e. The van der Waals surface area contributed by atoms with Gasteiger partial charge in [0.05, 0.1) is 23.3 Å². The first-order chi connectivity index (χ1) is 23.1. The molecular formula is C36H49BN6O5. The van der Waals surface area contributed by atoms with Crippen molar-refractivity contribution in [1.82, 2.24) is 30.9 Å². The van der Waals surface area contributed by atoms with Gasteiger partial charge in [0.2, 0.25) is 5.91 Å². The molecule has 0 bridgehead atoms. The second-order valence-electron chi connectivity index (χ2n) is 13.2. The molecule has 2 aromatic carbocycles. The van der Waals surface area contributed by atoms with Crippen LogP contribution in [0.15, 0.2) is 79.3 Å². The van der Waals surface area contributed by atoms with Crippen LogP contribution in [0.2, 0.25) is 0 Å². The molecule has 12 heteroatoms. The van der Waals surface area contributed by atoms with E-state index in [1.165, 1.54) is 18.6 Å². The Kier molecular flexibility index (Phi) is 14.1. The van der Waals surface area contributed by atoms with Crippen LogP contribution in [0, 0.1) is 5.92 Å². The molecule has 1 aliphatic rings. The molecule has 48 heavy (non-hydrogen) atoms. The van der Waals surface area contributed by atoms with Crippen LogP contribution in [0.1, 0.15) is 85.7 Å². The van der Waals surface area contributed by atoms with Gasteiger partial charge in [-0.2, -0.15) is 5.48 Å². The summed E-state index contributed by atoms with van der Waals surface area (Å²) in [5.74, 6) is -1.07. The van der Waals surface area contributed by atoms with Crippen LogP contribution in [0.25, 0.3) is 0 Å². The van der Waals surface area contributed by atoms with E-state index in [4.69, 9.17) is 9.49 Å². The quantitative estimate of drug-likeness (QED) is 0.103. The molecule has 3 aromatic rings. The predicted octanol–water partition coefficient (Wildman–Crippen LogP) is 4.41.